The molecule has 0 bridgehead atoms. The summed E-state index contributed by atoms with van der Waals surface area (Å²) in [4.78, 5) is 22.5. The fourth-order valence-corrected chi connectivity index (χ4v) is 2.19. The van der Waals surface area contributed by atoms with Crippen LogP contribution in [0.15, 0.2) is 0 Å². The Bertz CT molecular complexity index is 427. The van der Waals surface area contributed by atoms with Gasteiger partial charge in [0.05, 0.1) is 6.61 Å². The number of carbonyl (C=O) groups is 2. The number of amides is 1. The summed E-state index contributed by atoms with van der Waals surface area (Å²) >= 11 is 0. The maximum atomic E-state index is 12.8. The zero-order chi connectivity index (χ0) is 20.2. The lowest BCUT2D eigenvalue weighted by Gasteiger charge is -2.20. The van der Waals surface area contributed by atoms with Crippen molar-refractivity contribution in [3.05, 3.63) is 0 Å². The summed E-state index contributed by atoms with van der Waals surface area (Å²) in [5.41, 5.74) is 0. The summed E-state index contributed by atoms with van der Waals surface area (Å²) in [5, 5.41) is 1.33. The first-order chi connectivity index (χ1) is 12.0. The molecule has 0 aliphatic carbocycles. The quantitative estimate of drug-likeness (QED) is 0.281. The van der Waals surface area contributed by atoms with E-state index < -0.39 is 30.0 Å². The zero-order valence-corrected chi connectivity index (χ0v) is 15.3. The van der Waals surface area contributed by atoms with Gasteiger partial charge in [0.25, 0.3) is 0 Å². The van der Waals surface area contributed by atoms with Gasteiger partial charge in [0.1, 0.15) is 6.04 Å². The number of hydrogen-bond donors (Lipinski definition) is 1. The first-order valence-electron chi connectivity index (χ1n) is 8.96. The van der Waals surface area contributed by atoms with Crippen LogP contribution in [0.4, 0.5) is 22.0 Å². The number of rotatable bonds is 13. The fraction of sp³-hybridized carbons (Fsp3) is 0.882. The summed E-state index contributed by atoms with van der Waals surface area (Å²) in [7, 11) is 0. The molecule has 0 aromatic rings. The maximum Gasteiger partial charge on any atom is 0.463 e. The van der Waals surface area contributed by atoms with Gasteiger partial charge in [0, 0.05) is 0 Å². The number of carbonyl (C=O) groups excluding carboxylic acids is 2. The molecule has 4 nitrogen and oxygen atoms in total. The second-order valence-corrected chi connectivity index (χ2v) is 6.26. The number of nitrogens with one attached hydrogen (secondary N) is 1. The minimum Gasteiger partial charge on any atom is -0.464 e. The Morgan fingerprint density at radius 2 is 1.35 bits per heavy atom. The van der Waals surface area contributed by atoms with E-state index >= 15 is 0 Å². The van der Waals surface area contributed by atoms with E-state index in [4.69, 9.17) is 4.74 Å². The predicted molar refractivity (Wildman–Crippen MR) is 86.8 cm³/mol. The highest BCUT2D eigenvalue weighted by molar-refractivity contribution is 5.88. The molecule has 0 rings (SSSR count). The highest BCUT2D eigenvalue weighted by Crippen LogP contribution is 2.35. The molecule has 1 unspecified atom stereocenters. The van der Waals surface area contributed by atoms with Gasteiger partial charge in [-0.2, -0.15) is 22.0 Å². The molecule has 0 spiro atoms. The molecule has 0 aliphatic heterocycles. The van der Waals surface area contributed by atoms with Crippen molar-refractivity contribution in [2.45, 2.75) is 89.8 Å². The molecule has 0 radical (unpaired) electrons. The van der Waals surface area contributed by atoms with Crippen LogP contribution >= 0.6 is 0 Å². The van der Waals surface area contributed by atoms with Crippen LogP contribution in [-0.2, 0) is 14.3 Å². The van der Waals surface area contributed by atoms with Gasteiger partial charge in [-0.05, 0) is 13.3 Å². The number of esters is 1. The second kappa shape index (κ2) is 12.1. The molecular formula is C17H28F5NO3. The molecule has 0 aromatic carbocycles. The molecular weight excluding hydrogens is 361 g/mol. The van der Waals surface area contributed by atoms with Gasteiger partial charge in [0.2, 0.25) is 0 Å². The Balaban J connectivity index is 3.89. The molecule has 1 atom stereocenters. The number of ether oxygens (including phenoxy) is 1. The van der Waals surface area contributed by atoms with Crippen molar-refractivity contribution in [2.75, 3.05) is 6.61 Å². The molecule has 0 saturated heterocycles. The topological polar surface area (TPSA) is 55.4 Å². The third-order valence-electron chi connectivity index (χ3n) is 3.83. The Kier molecular flexibility index (Phi) is 11.4. The van der Waals surface area contributed by atoms with Gasteiger partial charge < -0.3 is 10.1 Å². The SMILES string of the molecule is CCCCCCCCCCCOC(=O)C(C)NC(=O)C(F)(F)C(F)(F)F. The van der Waals surface area contributed by atoms with Crippen molar-refractivity contribution < 1.29 is 36.3 Å². The predicted octanol–water partition coefficient (Wildman–Crippen LogP) is 4.76. The number of halogens is 5. The van der Waals surface area contributed by atoms with E-state index in [2.05, 4.69) is 6.92 Å². The van der Waals surface area contributed by atoms with E-state index in [1.165, 1.54) is 31.0 Å². The lowest BCUT2D eigenvalue weighted by atomic mass is 10.1. The maximum absolute atomic E-state index is 12.8. The van der Waals surface area contributed by atoms with Crippen molar-refractivity contribution in [2.24, 2.45) is 0 Å². The lowest BCUT2D eigenvalue weighted by Crippen LogP contribution is -2.54. The fourth-order valence-electron chi connectivity index (χ4n) is 2.19. The Morgan fingerprint density at radius 3 is 1.81 bits per heavy atom. The monoisotopic (exact) mass is 389 g/mol. The molecule has 26 heavy (non-hydrogen) atoms. The summed E-state index contributed by atoms with van der Waals surface area (Å²) in [5.74, 6) is -9.17. The van der Waals surface area contributed by atoms with Crippen molar-refractivity contribution in [3.8, 4) is 0 Å². The van der Waals surface area contributed by atoms with Crippen LogP contribution in [0, 0.1) is 0 Å². The van der Waals surface area contributed by atoms with E-state index in [1.54, 1.807) is 0 Å². The lowest BCUT2D eigenvalue weighted by molar-refractivity contribution is -0.270. The van der Waals surface area contributed by atoms with E-state index in [0.717, 1.165) is 32.6 Å². The zero-order valence-electron chi connectivity index (χ0n) is 15.3. The third kappa shape index (κ3) is 9.33. The molecule has 0 saturated carbocycles. The Labute approximate surface area is 150 Å². The summed E-state index contributed by atoms with van der Waals surface area (Å²) < 4.78 is 66.5. The average Bonchev–Trinajstić information content (AvgIpc) is 2.55. The average molecular weight is 389 g/mol. The van der Waals surface area contributed by atoms with Crippen molar-refractivity contribution in [3.63, 3.8) is 0 Å². The Hall–Kier alpha value is -1.41. The smallest absolute Gasteiger partial charge is 0.463 e. The first-order valence-corrected chi connectivity index (χ1v) is 8.96. The van der Waals surface area contributed by atoms with Gasteiger partial charge in [-0.1, -0.05) is 58.3 Å². The van der Waals surface area contributed by atoms with E-state index in [0.29, 0.717) is 6.42 Å². The third-order valence-corrected chi connectivity index (χ3v) is 3.83. The molecule has 0 fully saturated rings. The number of hydrogen-bond acceptors (Lipinski definition) is 3. The van der Waals surface area contributed by atoms with E-state index in [1.807, 2.05) is 0 Å². The van der Waals surface area contributed by atoms with Gasteiger partial charge in [-0.3, -0.25) is 4.79 Å². The molecule has 0 aromatic heterocycles. The minimum atomic E-state index is -6.02. The van der Waals surface area contributed by atoms with Gasteiger partial charge >= 0.3 is 24.0 Å². The first kappa shape index (κ1) is 24.6. The molecule has 1 amide bonds. The second-order valence-electron chi connectivity index (χ2n) is 6.26. The van der Waals surface area contributed by atoms with Crippen LogP contribution < -0.4 is 5.32 Å². The van der Waals surface area contributed by atoms with Gasteiger partial charge in [-0.15, -0.1) is 0 Å². The number of alkyl halides is 5. The van der Waals surface area contributed by atoms with Crippen molar-refractivity contribution in [1.29, 1.82) is 0 Å². The highest BCUT2D eigenvalue weighted by atomic mass is 19.4. The largest absolute Gasteiger partial charge is 0.464 e. The minimum absolute atomic E-state index is 0.0323. The summed E-state index contributed by atoms with van der Waals surface area (Å²) in [6.07, 6.45) is 3.44. The van der Waals surface area contributed by atoms with E-state index in [9.17, 15) is 31.5 Å². The molecule has 0 aliphatic rings. The van der Waals surface area contributed by atoms with Crippen LogP contribution in [0.2, 0.25) is 0 Å². The molecule has 1 N–H and O–H groups in total. The van der Waals surface area contributed by atoms with Gasteiger partial charge in [-0.25, -0.2) is 4.79 Å². The molecule has 0 heterocycles. The number of unbranched alkanes of at least 4 members (excludes halogenated alkanes) is 8. The van der Waals surface area contributed by atoms with Crippen LogP contribution in [0.25, 0.3) is 0 Å². The standard InChI is InChI=1S/C17H28F5NO3/c1-3-4-5-6-7-8-9-10-11-12-26-14(24)13(2)23-15(25)16(18,19)17(20,21)22/h13H,3-12H2,1-2H3,(H,23,25). The van der Waals surface area contributed by atoms with E-state index in [-0.39, 0.29) is 6.61 Å². The summed E-state index contributed by atoms with van der Waals surface area (Å²) in [6.45, 7) is 3.17. The molecule has 9 heteroatoms. The van der Waals surface area contributed by atoms with Crippen LogP contribution in [0.5, 0.6) is 0 Å². The van der Waals surface area contributed by atoms with Crippen LogP contribution in [-0.4, -0.2) is 36.6 Å². The Morgan fingerprint density at radius 1 is 0.885 bits per heavy atom. The van der Waals surface area contributed by atoms with Gasteiger partial charge in [0.15, 0.2) is 0 Å². The normalized spacial score (nSPS) is 13.3. The summed E-state index contributed by atoms with van der Waals surface area (Å²) in [6, 6.07) is -1.59. The van der Waals surface area contributed by atoms with Crippen LogP contribution in [0.1, 0.15) is 71.6 Å². The highest BCUT2D eigenvalue weighted by Gasteiger charge is 2.63. The van der Waals surface area contributed by atoms with Crippen molar-refractivity contribution >= 4 is 11.9 Å². The van der Waals surface area contributed by atoms with Crippen molar-refractivity contribution in [1.82, 2.24) is 5.32 Å². The van der Waals surface area contributed by atoms with Crippen LogP contribution in [0.3, 0.4) is 0 Å². The molecule has 154 valence electrons.